The Kier molecular flexibility index (Phi) is 3.38. The highest BCUT2D eigenvalue weighted by molar-refractivity contribution is 5.96. The number of nitrogens with zero attached hydrogens (tertiary/aromatic N) is 2. The highest BCUT2D eigenvalue weighted by Crippen LogP contribution is 2.34. The summed E-state index contributed by atoms with van der Waals surface area (Å²) in [4.78, 5) is 11.3. The zero-order valence-electron chi connectivity index (χ0n) is 11.9. The van der Waals surface area contributed by atoms with Crippen molar-refractivity contribution in [2.45, 2.75) is 26.2 Å². The molecule has 0 aliphatic carbocycles. The Balaban J connectivity index is 2.76. The number of carbonyl (C=O) groups is 1. The van der Waals surface area contributed by atoms with Crippen molar-refractivity contribution in [3.05, 3.63) is 41.5 Å². The molecule has 0 aliphatic heterocycles. The van der Waals surface area contributed by atoms with Crippen LogP contribution in [0, 0.1) is 5.82 Å². The molecule has 0 unspecified atom stereocenters. The molecule has 1 heterocycles. The molecule has 1 aromatic carbocycles. The van der Waals surface area contributed by atoms with Crippen molar-refractivity contribution in [3.63, 3.8) is 0 Å². The summed E-state index contributed by atoms with van der Waals surface area (Å²) < 4.78 is 15.4. The third-order valence-corrected chi connectivity index (χ3v) is 3.06. The average Bonchev–Trinajstić information content (AvgIpc) is 2.70. The number of aromatic carboxylic acids is 1. The van der Waals surface area contributed by atoms with E-state index in [2.05, 4.69) is 5.10 Å². The normalized spacial score (nSPS) is 11.7. The molecule has 0 saturated heterocycles. The molecule has 0 radical (unpaired) electrons. The number of aromatic nitrogens is 2. The molecule has 0 amide bonds. The molecular weight excluding hydrogens is 259 g/mol. The van der Waals surface area contributed by atoms with E-state index in [9.17, 15) is 14.3 Å². The van der Waals surface area contributed by atoms with Gasteiger partial charge in [-0.2, -0.15) is 5.10 Å². The van der Waals surface area contributed by atoms with Gasteiger partial charge in [0.2, 0.25) is 0 Å². The first-order chi connectivity index (χ1) is 9.21. The summed E-state index contributed by atoms with van der Waals surface area (Å²) in [6, 6.07) is 4.27. The molecule has 0 fully saturated rings. The van der Waals surface area contributed by atoms with Gasteiger partial charge in [0.05, 0.1) is 5.69 Å². The van der Waals surface area contributed by atoms with Crippen molar-refractivity contribution in [2.75, 3.05) is 0 Å². The predicted molar refractivity (Wildman–Crippen MR) is 74.3 cm³/mol. The third-order valence-electron chi connectivity index (χ3n) is 3.06. The summed E-state index contributed by atoms with van der Waals surface area (Å²) in [6.07, 6.45) is 1.72. The first kappa shape index (κ1) is 14.2. The van der Waals surface area contributed by atoms with Crippen LogP contribution in [0.2, 0.25) is 0 Å². The molecule has 0 aliphatic rings. The molecule has 0 saturated carbocycles. The third kappa shape index (κ3) is 2.43. The van der Waals surface area contributed by atoms with Crippen molar-refractivity contribution in [2.24, 2.45) is 7.05 Å². The van der Waals surface area contributed by atoms with E-state index in [1.54, 1.807) is 24.0 Å². The van der Waals surface area contributed by atoms with Crippen molar-refractivity contribution in [1.29, 1.82) is 0 Å². The van der Waals surface area contributed by atoms with Crippen molar-refractivity contribution in [3.8, 4) is 11.1 Å². The second-order valence-electron chi connectivity index (χ2n) is 5.78. The summed E-state index contributed by atoms with van der Waals surface area (Å²) >= 11 is 0. The molecule has 5 heteroatoms. The average molecular weight is 276 g/mol. The van der Waals surface area contributed by atoms with Gasteiger partial charge in [0.15, 0.2) is 0 Å². The standard InChI is InChI=1S/C15H17FN2O2/c1-15(2,3)13-10(8-18(4)17-13)9-6-5-7-11(16)12(9)14(19)20/h5-8H,1-4H3,(H,19,20). The molecule has 1 aromatic heterocycles. The van der Waals surface area contributed by atoms with Crippen LogP contribution in [0.3, 0.4) is 0 Å². The molecule has 0 spiro atoms. The molecule has 0 bridgehead atoms. The lowest BCUT2D eigenvalue weighted by atomic mass is 9.86. The van der Waals surface area contributed by atoms with E-state index in [4.69, 9.17) is 0 Å². The Bertz CT molecular complexity index is 669. The predicted octanol–water partition coefficient (Wildman–Crippen LogP) is 3.22. The maximum Gasteiger partial charge on any atom is 0.339 e. The van der Waals surface area contributed by atoms with E-state index >= 15 is 0 Å². The van der Waals surface area contributed by atoms with Crippen LogP contribution in [-0.2, 0) is 12.5 Å². The Morgan fingerprint density at radius 3 is 2.50 bits per heavy atom. The van der Waals surface area contributed by atoms with Gasteiger partial charge in [0.25, 0.3) is 0 Å². The fraction of sp³-hybridized carbons (Fsp3) is 0.333. The minimum absolute atomic E-state index is 0.265. The number of rotatable bonds is 2. The number of hydrogen-bond acceptors (Lipinski definition) is 2. The Labute approximate surface area is 116 Å². The molecular formula is C15H17FN2O2. The fourth-order valence-corrected chi connectivity index (χ4v) is 2.21. The highest BCUT2D eigenvalue weighted by Gasteiger charge is 2.26. The van der Waals surface area contributed by atoms with Crippen molar-refractivity contribution >= 4 is 5.97 Å². The maximum atomic E-state index is 13.8. The topological polar surface area (TPSA) is 55.1 Å². The van der Waals surface area contributed by atoms with E-state index in [0.29, 0.717) is 11.1 Å². The lowest BCUT2D eigenvalue weighted by Gasteiger charge is -2.18. The molecule has 2 aromatic rings. The van der Waals surface area contributed by atoms with E-state index in [-0.39, 0.29) is 11.0 Å². The minimum atomic E-state index is -1.28. The first-order valence-corrected chi connectivity index (χ1v) is 6.28. The van der Waals surface area contributed by atoms with Gasteiger partial charge in [0, 0.05) is 29.8 Å². The summed E-state index contributed by atoms with van der Waals surface area (Å²) in [5.41, 5.74) is 1.17. The number of benzene rings is 1. The second-order valence-corrected chi connectivity index (χ2v) is 5.78. The number of carboxylic acids is 1. The Hall–Kier alpha value is -2.17. The first-order valence-electron chi connectivity index (χ1n) is 6.28. The Morgan fingerprint density at radius 1 is 1.30 bits per heavy atom. The smallest absolute Gasteiger partial charge is 0.339 e. The van der Waals surface area contributed by atoms with Crippen LogP contribution in [0.5, 0.6) is 0 Å². The number of carboxylic acid groups (broad SMARTS) is 1. The van der Waals surface area contributed by atoms with Crippen LogP contribution in [0.4, 0.5) is 4.39 Å². The van der Waals surface area contributed by atoms with Crippen LogP contribution >= 0.6 is 0 Å². The van der Waals surface area contributed by atoms with Gasteiger partial charge in [-0.05, 0) is 6.07 Å². The zero-order valence-corrected chi connectivity index (χ0v) is 11.9. The summed E-state index contributed by atoms with van der Waals surface area (Å²) in [6.45, 7) is 5.95. The fourth-order valence-electron chi connectivity index (χ4n) is 2.21. The van der Waals surface area contributed by atoms with Gasteiger partial charge in [0.1, 0.15) is 11.4 Å². The molecule has 20 heavy (non-hydrogen) atoms. The van der Waals surface area contributed by atoms with Gasteiger partial charge in [-0.15, -0.1) is 0 Å². The molecule has 2 rings (SSSR count). The minimum Gasteiger partial charge on any atom is -0.478 e. The second kappa shape index (κ2) is 4.74. The van der Waals surface area contributed by atoms with Gasteiger partial charge in [-0.3, -0.25) is 4.68 Å². The number of hydrogen-bond donors (Lipinski definition) is 1. The quantitative estimate of drug-likeness (QED) is 0.916. The number of aryl methyl sites for hydroxylation is 1. The van der Waals surface area contributed by atoms with E-state index in [0.717, 1.165) is 11.8 Å². The van der Waals surface area contributed by atoms with Gasteiger partial charge in [-0.1, -0.05) is 32.9 Å². The molecule has 4 nitrogen and oxygen atoms in total. The lowest BCUT2D eigenvalue weighted by molar-refractivity contribution is 0.0693. The largest absolute Gasteiger partial charge is 0.478 e. The van der Waals surface area contributed by atoms with Crippen LogP contribution < -0.4 is 0 Å². The summed E-state index contributed by atoms with van der Waals surface area (Å²) in [5.74, 6) is -2.01. The monoisotopic (exact) mass is 276 g/mol. The summed E-state index contributed by atoms with van der Waals surface area (Å²) in [7, 11) is 1.76. The van der Waals surface area contributed by atoms with Crippen LogP contribution in [0.25, 0.3) is 11.1 Å². The molecule has 1 N–H and O–H groups in total. The Morgan fingerprint density at radius 2 is 1.95 bits per heavy atom. The molecule has 0 atom stereocenters. The van der Waals surface area contributed by atoms with Crippen molar-refractivity contribution in [1.82, 2.24) is 9.78 Å². The van der Waals surface area contributed by atoms with E-state index in [1.807, 2.05) is 20.8 Å². The molecule has 106 valence electrons. The van der Waals surface area contributed by atoms with Gasteiger partial charge >= 0.3 is 5.97 Å². The summed E-state index contributed by atoms with van der Waals surface area (Å²) in [5, 5.41) is 13.6. The SMILES string of the molecule is Cn1cc(-c2cccc(F)c2C(=O)O)c(C(C)(C)C)n1. The van der Waals surface area contributed by atoms with E-state index in [1.165, 1.54) is 6.07 Å². The maximum absolute atomic E-state index is 13.8. The van der Waals surface area contributed by atoms with E-state index < -0.39 is 11.8 Å². The zero-order chi connectivity index (χ0) is 15.1. The van der Waals surface area contributed by atoms with Crippen LogP contribution in [-0.4, -0.2) is 20.9 Å². The van der Waals surface area contributed by atoms with Gasteiger partial charge < -0.3 is 5.11 Å². The number of halogens is 1. The van der Waals surface area contributed by atoms with Crippen molar-refractivity contribution < 1.29 is 14.3 Å². The van der Waals surface area contributed by atoms with Crippen LogP contribution in [0.1, 0.15) is 36.8 Å². The van der Waals surface area contributed by atoms with Crippen LogP contribution in [0.15, 0.2) is 24.4 Å². The lowest BCUT2D eigenvalue weighted by Crippen LogP contribution is -2.14. The highest BCUT2D eigenvalue weighted by atomic mass is 19.1. The van der Waals surface area contributed by atoms with Gasteiger partial charge in [-0.25, -0.2) is 9.18 Å².